The zero-order valence-electron chi connectivity index (χ0n) is 19.7. The molecule has 206 valence electrons. The second-order valence-corrected chi connectivity index (χ2v) is 13.9. The summed E-state index contributed by atoms with van der Waals surface area (Å²) in [5, 5.41) is 21.7. The molecule has 0 radical (unpaired) electrons. The van der Waals surface area contributed by atoms with Gasteiger partial charge >= 0.3 is 7.60 Å². The van der Waals surface area contributed by atoms with Crippen LogP contribution >= 0.6 is 53.4 Å². The van der Waals surface area contributed by atoms with Crippen molar-refractivity contribution >= 4 is 70.5 Å². The number of nitrogen functional groups attached to an aromatic ring is 1. The summed E-state index contributed by atoms with van der Waals surface area (Å²) in [4.78, 5) is 12.5. The molecule has 12 nitrogen and oxygen atoms in total. The zero-order valence-corrected chi connectivity index (χ0v) is 23.9. The van der Waals surface area contributed by atoms with E-state index in [-0.39, 0.29) is 24.7 Å². The van der Waals surface area contributed by atoms with Crippen molar-refractivity contribution in [3.8, 4) is 5.75 Å². The molecule has 2 fully saturated rings. The Morgan fingerprint density at radius 3 is 2.87 bits per heavy atom. The van der Waals surface area contributed by atoms with E-state index in [1.165, 1.54) is 34.0 Å². The molecule has 2 aliphatic rings. The van der Waals surface area contributed by atoms with Crippen molar-refractivity contribution in [2.75, 3.05) is 30.2 Å². The first kappa shape index (κ1) is 28.3. The van der Waals surface area contributed by atoms with E-state index in [0.29, 0.717) is 32.7 Å². The van der Waals surface area contributed by atoms with Crippen LogP contribution in [-0.2, 0) is 18.6 Å². The summed E-state index contributed by atoms with van der Waals surface area (Å²) < 4.78 is 38.6. The van der Waals surface area contributed by atoms with Crippen LogP contribution in [0.25, 0.3) is 11.2 Å². The van der Waals surface area contributed by atoms with E-state index in [1.807, 2.05) is 0 Å². The van der Waals surface area contributed by atoms with E-state index < -0.39 is 44.6 Å². The Bertz CT molecular complexity index is 1340. The van der Waals surface area contributed by atoms with Gasteiger partial charge in [0.25, 0.3) is 0 Å². The van der Waals surface area contributed by atoms with Crippen LogP contribution < -0.4 is 10.3 Å². The molecule has 6 atom stereocenters. The molecule has 0 amide bonds. The molecule has 0 saturated carbocycles. The number of thiol groups is 1. The third-order valence-corrected chi connectivity index (χ3v) is 10.3. The number of benzene rings is 1. The highest BCUT2D eigenvalue weighted by atomic mass is 35.5. The first-order valence-electron chi connectivity index (χ1n) is 11.5. The summed E-state index contributed by atoms with van der Waals surface area (Å²) >= 11 is 10.3. The summed E-state index contributed by atoms with van der Waals surface area (Å²) in [6.07, 6.45) is -2.39. The van der Waals surface area contributed by atoms with Gasteiger partial charge in [-0.05, 0) is 18.2 Å². The Labute approximate surface area is 236 Å². The molecule has 3 aromatic rings. The first-order chi connectivity index (χ1) is 18.2. The number of fused-ring (bicyclic) bond motifs is 1. The number of ether oxygens (including phenoxy) is 2. The first-order valence-corrected chi connectivity index (χ1v) is 16.5. The smallest absolute Gasteiger partial charge is 0.405 e. The third-order valence-electron chi connectivity index (χ3n) is 5.79. The lowest BCUT2D eigenvalue weighted by atomic mass is 10.2. The summed E-state index contributed by atoms with van der Waals surface area (Å²) in [6.45, 7) is -0.0939. The lowest BCUT2D eigenvalue weighted by molar-refractivity contribution is -0.0573. The maximum Gasteiger partial charge on any atom is 0.405 e. The fourth-order valence-corrected chi connectivity index (χ4v) is 8.42. The molecule has 0 spiro atoms. The number of hydrogen-bond donors (Lipinski definition) is 4. The van der Waals surface area contributed by atoms with Gasteiger partial charge in [0.05, 0.1) is 25.1 Å². The van der Waals surface area contributed by atoms with Gasteiger partial charge in [-0.2, -0.15) is 4.98 Å². The number of nitrogens with two attached hydrogens (primary N) is 1. The zero-order chi connectivity index (χ0) is 26.9. The highest BCUT2D eigenvalue weighted by molar-refractivity contribution is 8.76. The standard InChI is InChI=1S/C21H25ClN5O7PS3/c22-11-2-1-3-12(4-11)33-35(30,34-16-8-38-37-7-14(16)29)10-31-6-15-13(28)5-17(32-15)27-9-24-18-19(27)25-21(23)26-20(18)36/h1-4,9,13-17,28-29H,5-8,10H2,(H3,23,25,26,36)/t13-,14-,15+,16-,17+,35?/m0/s1. The normalized spacial score (nSPS) is 27.4. The monoisotopic (exact) mass is 621 g/mol. The topological polar surface area (TPSA) is 164 Å². The summed E-state index contributed by atoms with van der Waals surface area (Å²) in [5.74, 6) is 1.15. The highest BCUT2D eigenvalue weighted by Crippen LogP contribution is 2.51. The van der Waals surface area contributed by atoms with E-state index in [9.17, 15) is 14.8 Å². The molecule has 2 aromatic heterocycles. The Morgan fingerprint density at radius 1 is 1.26 bits per heavy atom. The maximum absolute atomic E-state index is 13.7. The number of aliphatic hydroxyl groups excluding tert-OH is 2. The van der Waals surface area contributed by atoms with E-state index in [2.05, 4.69) is 27.6 Å². The van der Waals surface area contributed by atoms with Crippen LogP contribution in [0.1, 0.15) is 12.6 Å². The minimum atomic E-state index is -3.91. The Morgan fingerprint density at radius 2 is 2.08 bits per heavy atom. The van der Waals surface area contributed by atoms with Crippen molar-refractivity contribution in [1.82, 2.24) is 19.5 Å². The molecule has 0 bridgehead atoms. The second kappa shape index (κ2) is 12.1. The molecule has 4 N–H and O–H groups in total. The van der Waals surface area contributed by atoms with E-state index in [0.717, 1.165) is 0 Å². The van der Waals surface area contributed by atoms with Crippen LogP contribution in [0, 0.1) is 0 Å². The number of hydrogen-bond acceptors (Lipinski definition) is 14. The van der Waals surface area contributed by atoms with Gasteiger partial charge < -0.3 is 29.9 Å². The lowest BCUT2D eigenvalue weighted by Gasteiger charge is -2.30. The van der Waals surface area contributed by atoms with Crippen LogP contribution in [0.2, 0.25) is 5.02 Å². The molecular weight excluding hydrogens is 597 g/mol. The van der Waals surface area contributed by atoms with Crippen LogP contribution in [0.4, 0.5) is 5.95 Å². The van der Waals surface area contributed by atoms with Crippen molar-refractivity contribution in [1.29, 1.82) is 0 Å². The Balaban J connectivity index is 1.25. The lowest BCUT2D eigenvalue weighted by Crippen LogP contribution is -2.35. The minimum Gasteiger partial charge on any atom is -0.423 e. The molecule has 38 heavy (non-hydrogen) atoms. The van der Waals surface area contributed by atoms with E-state index in [4.69, 9.17) is 35.9 Å². The van der Waals surface area contributed by atoms with Gasteiger partial charge in [0.1, 0.15) is 34.7 Å². The molecule has 0 aliphatic carbocycles. The van der Waals surface area contributed by atoms with Crippen molar-refractivity contribution in [3.05, 3.63) is 35.6 Å². The average Bonchev–Trinajstić information content (AvgIpc) is 3.44. The molecule has 4 heterocycles. The van der Waals surface area contributed by atoms with Crippen LogP contribution in [0.15, 0.2) is 35.6 Å². The van der Waals surface area contributed by atoms with Gasteiger partial charge in [0.2, 0.25) is 5.95 Å². The molecule has 5 rings (SSSR count). The highest BCUT2D eigenvalue weighted by Gasteiger charge is 2.39. The number of imidazole rings is 1. The molecule has 2 aliphatic heterocycles. The van der Waals surface area contributed by atoms with Crippen molar-refractivity contribution in [2.24, 2.45) is 0 Å². The van der Waals surface area contributed by atoms with Crippen molar-refractivity contribution < 1.29 is 33.3 Å². The molecule has 17 heteroatoms. The number of aliphatic hydroxyl groups is 2. The number of rotatable bonds is 9. The van der Waals surface area contributed by atoms with Crippen molar-refractivity contribution in [2.45, 2.75) is 42.1 Å². The summed E-state index contributed by atoms with van der Waals surface area (Å²) in [5.41, 5.74) is 6.64. The minimum absolute atomic E-state index is 0.0400. The van der Waals surface area contributed by atoms with Gasteiger partial charge in [0, 0.05) is 22.9 Å². The van der Waals surface area contributed by atoms with Crippen LogP contribution in [0.5, 0.6) is 5.75 Å². The van der Waals surface area contributed by atoms with E-state index in [1.54, 1.807) is 22.8 Å². The van der Waals surface area contributed by atoms with Crippen molar-refractivity contribution in [3.63, 3.8) is 0 Å². The molecule has 1 unspecified atom stereocenters. The second-order valence-electron chi connectivity index (χ2n) is 8.60. The summed E-state index contributed by atoms with van der Waals surface area (Å²) in [7, 11) is -0.880. The van der Waals surface area contributed by atoms with Crippen LogP contribution in [-0.4, -0.2) is 78.6 Å². The predicted molar refractivity (Wildman–Crippen MR) is 148 cm³/mol. The van der Waals surface area contributed by atoms with Gasteiger partial charge in [-0.1, -0.05) is 39.3 Å². The maximum atomic E-state index is 13.7. The molecule has 1 aromatic carbocycles. The fraction of sp³-hybridized carbons (Fsp3) is 0.476. The predicted octanol–water partition coefficient (Wildman–Crippen LogP) is 3.39. The van der Waals surface area contributed by atoms with E-state index >= 15 is 0 Å². The fourth-order valence-electron chi connectivity index (χ4n) is 3.97. The largest absolute Gasteiger partial charge is 0.423 e. The number of halogens is 1. The number of nitrogens with zero attached hydrogens (tertiary/aromatic N) is 4. The number of anilines is 1. The Hall–Kier alpha value is -1.26. The molecule has 2 saturated heterocycles. The Kier molecular flexibility index (Phi) is 8.99. The van der Waals surface area contributed by atoms with Gasteiger partial charge in [0.15, 0.2) is 12.0 Å². The van der Waals surface area contributed by atoms with Gasteiger partial charge in [-0.3, -0.25) is 9.09 Å². The third kappa shape index (κ3) is 6.54. The van der Waals surface area contributed by atoms with Gasteiger partial charge in [-0.25, -0.2) is 14.5 Å². The number of aromatic nitrogens is 4. The average molecular weight is 622 g/mol. The SMILES string of the molecule is Nc1nc(S)c2ncn([C@H]3C[C@H](O)[C@@H](COCP(=O)(Oc4cccc(Cl)c4)O[C@H]4CSSC[C@@H]4O)O3)c2n1. The quantitative estimate of drug-likeness (QED) is 0.119. The summed E-state index contributed by atoms with van der Waals surface area (Å²) in [6, 6.07) is 6.42. The molecular formula is C21H25ClN5O7PS3. The van der Waals surface area contributed by atoms with Gasteiger partial charge in [-0.15, -0.1) is 12.6 Å². The van der Waals surface area contributed by atoms with Crippen LogP contribution in [0.3, 0.4) is 0 Å².